The van der Waals surface area contributed by atoms with Gasteiger partial charge in [0, 0.05) is 28.2 Å². The van der Waals surface area contributed by atoms with Gasteiger partial charge in [0.25, 0.3) is 0 Å². The molecule has 0 aliphatic carbocycles. The van der Waals surface area contributed by atoms with Crippen LogP contribution in [0.5, 0.6) is 11.5 Å². The summed E-state index contributed by atoms with van der Waals surface area (Å²) in [4.78, 5) is 12.9. The summed E-state index contributed by atoms with van der Waals surface area (Å²) < 4.78 is 10.7. The van der Waals surface area contributed by atoms with Crippen molar-refractivity contribution in [2.45, 2.75) is 11.3 Å². The Morgan fingerprint density at radius 2 is 1.92 bits per heavy atom. The van der Waals surface area contributed by atoms with Crippen LogP contribution in [0.4, 0.5) is 0 Å². The maximum Gasteiger partial charge on any atom is 0.220 e. The maximum absolute atomic E-state index is 11.8. The summed E-state index contributed by atoms with van der Waals surface area (Å²) in [7, 11) is 1.61. The molecule has 4 nitrogen and oxygen atoms in total. The maximum atomic E-state index is 11.8. The zero-order valence-electron chi connectivity index (χ0n) is 13.5. The molecule has 0 saturated heterocycles. The molecule has 2 aromatic rings. The minimum Gasteiger partial charge on any atom is -0.497 e. The van der Waals surface area contributed by atoms with Crippen molar-refractivity contribution in [3.8, 4) is 11.5 Å². The molecule has 2 aromatic carbocycles. The number of hydrogen-bond donors (Lipinski definition) is 1. The second-order valence-electron chi connectivity index (χ2n) is 4.93. The van der Waals surface area contributed by atoms with E-state index in [2.05, 4.69) is 5.32 Å². The van der Waals surface area contributed by atoms with Gasteiger partial charge in [-0.1, -0.05) is 17.7 Å². The van der Waals surface area contributed by atoms with E-state index in [1.54, 1.807) is 18.9 Å². The summed E-state index contributed by atoms with van der Waals surface area (Å²) in [5, 5.41) is 3.56. The fraction of sp³-hybridized carbons (Fsp3) is 0.278. The van der Waals surface area contributed by atoms with Gasteiger partial charge in [-0.2, -0.15) is 0 Å². The number of nitrogens with one attached hydrogen (secondary N) is 1. The lowest BCUT2D eigenvalue weighted by atomic mass is 10.3. The second-order valence-corrected chi connectivity index (χ2v) is 6.53. The zero-order valence-corrected chi connectivity index (χ0v) is 15.0. The molecule has 128 valence electrons. The molecular formula is C18H20ClNO3S. The molecule has 0 unspecified atom stereocenters. The predicted molar refractivity (Wildman–Crippen MR) is 98.3 cm³/mol. The lowest BCUT2D eigenvalue weighted by Gasteiger charge is -2.09. The van der Waals surface area contributed by atoms with Gasteiger partial charge in [-0.05, 0) is 36.4 Å². The molecular weight excluding hydrogens is 346 g/mol. The van der Waals surface area contributed by atoms with Crippen LogP contribution in [0.15, 0.2) is 53.4 Å². The average molecular weight is 366 g/mol. The third-order valence-corrected chi connectivity index (χ3v) is 4.41. The molecule has 1 N–H and O–H groups in total. The van der Waals surface area contributed by atoms with Gasteiger partial charge in [-0.25, -0.2) is 0 Å². The first-order chi connectivity index (χ1) is 11.7. The van der Waals surface area contributed by atoms with Crippen LogP contribution >= 0.6 is 23.4 Å². The number of hydrogen-bond acceptors (Lipinski definition) is 4. The summed E-state index contributed by atoms with van der Waals surface area (Å²) in [6, 6.07) is 15.0. The van der Waals surface area contributed by atoms with Gasteiger partial charge in [-0.3, -0.25) is 4.79 Å². The molecule has 6 heteroatoms. The van der Waals surface area contributed by atoms with E-state index in [1.807, 2.05) is 48.5 Å². The van der Waals surface area contributed by atoms with Crippen LogP contribution in [-0.2, 0) is 4.79 Å². The predicted octanol–water partition coefficient (Wildman–Crippen LogP) is 4.03. The van der Waals surface area contributed by atoms with E-state index in [4.69, 9.17) is 21.1 Å². The van der Waals surface area contributed by atoms with Gasteiger partial charge < -0.3 is 14.8 Å². The highest BCUT2D eigenvalue weighted by Gasteiger charge is 2.02. The largest absolute Gasteiger partial charge is 0.497 e. The lowest BCUT2D eigenvalue weighted by Crippen LogP contribution is -2.28. The van der Waals surface area contributed by atoms with Gasteiger partial charge in [0.1, 0.15) is 18.1 Å². The van der Waals surface area contributed by atoms with E-state index < -0.39 is 0 Å². The third-order valence-electron chi connectivity index (χ3n) is 3.15. The molecule has 0 aromatic heterocycles. The first kappa shape index (κ1) is 18.5. The first-order valence-electron chi connectivity index (χ1n) is 7.59. The van der Waals surface area contributed by atoms with Crippen molar-refractivity contribution < 1.29 is 14.3 Å². The average Bonchev–Trinajstić information content (AvgIpc) is 2.61. The van der Waals surface area contributed by atoms with Crippen molar-refractivity contribution in [1.29, 1.82) is 0 Å². The van der Waals surface area contributed by atoms with Crippen molar-refractivity contribution in [2.24, 2.45) is 0 Å². The van der Waals surface area contributed by atoms with Crippen LogP contribution in [0.1, 0.15) is 6.42 Å². The van der Waals surface area contributed by atoms with Gasteiger partial charge in [0.15, 0.2) is 0 Å². The van der Waals surface area contributed by atoms with Crippen LogP contribution in [0, 0.1) is 0 Å². The highest BCUT2D eigenvalue weighted by Crippen LogP contribution is 2.21. The molecule has 0 atom stereocenters. The molecule has 0 heterocycles. The molecule has 0 bridgehead atoms. The molecule has 0 spiro atoms. The number of ether oxygens (including phenoxy) is 2. The fourth-order valence-electron chi connectivity index (χ4n) is 1.93. The van der Waals surface area contributed by atoms with E-state index in [0.29, 0.717) is 24.6 Å². The summed E-state index contributed by atoms with van der Waals surface area (Å²) in [6.45, 7) is 0.894. The Morgan fingerprint density at radius 1 is 1.17 bits per heavy atom. The van der Waals surface area contributed by atoms with Crippen LogP contribution in [-0.4, -0.2) is 31.9 Å². The van der Waals surface area contributed by atoms with Crippen LogP contribution in [0.2, 0.25) is 5.02 Å². The van der Waals surface area contributed by atoms with E-state index in [-0.39, 0.29) is 5.91 Å². The van der Waals surface area contributed by atoms with Crippen LogP contribution in [0.25, 0.3) is 0 Å². The van der Waals surface area contributed by atoms with Gasteiger partial charge >= 0.3 is 0 Å². The van der Waals surface area contributed by atoms with Crippen LogP contribution in [0.3, 0.4) is 0 Å². The number of rotatable bonds is 9. The summed E-state index contributed by atoms with van der Waals surface area (Å²) in [6.07, 6.45) is 0.465. The Kier molecular flexibility index (Phi) is 7.79. The van der Waals surface area contributed by atoms with Crippen molar-refractivity contribution in [3.05, 3.63) is 53.6 Å². The summed E-state index contributed by atoms with van der Waals surface area (Å²) in [5.41, 5.74) is 0. The van der Waals surface area contributed by atoms with Gasteiger partial charge in [0.05, 0.1) is 13.7 Å². The summed E-state index contributed by atoms with van der Waals surface area (Å²) >= 11 is 7.47. The number of benzene rings is 2. The van der Waals surface area contributed by atoms with Gasteiger partial charge in [-0.15, -0.1) is 11.8 Å². The molecule has 0 aliphatic rings. The standard InChI is InChI=1S/C18H20ClNO3S/c1-22-15-3-2-4-16(13-15)23-11-10-20-18(21)9-12-24-17-7-5-14(19)6-8-17/h2-8,13H,9-12H2,1H3,(H,20,21). The Balaban J connectivity index is 1.58. The zero-order chi connectivity index (χ0) is 17.2. The Bertz CT molecular complexity index is 649. The lowest BCUT2D eigenvalue weighted by molar-refractivity contribution is -0.120. The number of methoxy groups -OCH3 is 1. The Labute approximate surface area is 151 Å². The molecule has 24 heavy (non-hydrogen) atoms. The third kappa shape index (κ3) is 6.72. The summed E-state index contributed by atoms with van der Waals surface area (Å²) in [5.74, 6) is 2.22. The van der Waals surface area contributed by atoms with Crippen molar-refractivity contribution in [3.63, 3.8) is 0 Å². The molecule has 2 rings (SSSR count). The monoisotopic (exact) mass is 365 g/mol. The normalized spacial score (nSPS) is 10.2. The van der Waals surface area contributed by atoms with Gasteiger partial charge in [0.2, 0.25) is 5.91 Å². The quantitative estimate of drug-likeness (QED) is 0.538. The molecule has 0 aliphatic heterocycles. The SMILES string of the molecule is COc1cccc(OCCNC(=O)CCSc2ccc(Cl)cc2)c1. The molecule has 0 fully saturated rings. The number of amides is 1. The van der Waals surface area contributed by atoms with E-state index >= 15 is 0 Å². The minimum absolute atomic E-state index is 0.0192. The Hall–Kier alpha value is -1.85. The molecule has 1 amide bonds. The van der Waals surface area contributed by atoms with Crippen molar-refractivity contribution in [1.82, 2.24) is 5.32 Å². The Morgan fingerprint density at radius 3 is 2.67 bits per heavy atom. The molecule has 0 saturated carbocycles. The van der Waals surface area contributed by atoms with E-state index in [1.165, 1.54) is 0 Å². The highest BCUT2D eigenvalue weighted by molar-refractivity contribution is 7.99. The smallest absolute Gasteiger partial charge is 0.220 e. The van der Waals surface area contributed by atoms with Crippen LogP contribution < -0.4 is 14.8 Å². The van der Waals surface area contributed by atoms with Crippen molar-refractivity contribution in [2.75, 3.05) is 26.0 Å². The number of carbonyl (C=O) groups is 1. The van der Waals surface area contributed by atoms with Crippen molar-refractivity contribution >= 4 is 29.3 Å². The number of carbonyl (C=O) groups excluding carboxylic acids is 1. The highest BCUT2D eigenvalue weighted by atomic mass is 35.5. The van der Waals surface area contributed by atoms with E-state index in [0.717, 1.165) is 22.1 Å². The number of thioether (sulfide) groups is 1. The molecule has 0 radical (unpaired) electrons. The fourth-order valence-corrected chi connectivity index (χ4v) is 2.91. The topological polar surface area (TPSA) is 47.6 Å². The van der Waals surface area contributed by atoms with E-state index in [9.17, 15) is 4.79 Å². The second kappa shape index (κ2) is 10.1. The number of halogens is 1. The first-order valence-corrected chi connectivity index (χ1v) is 8.95. The minimum atomic E-state index is 0.0192.